The predicted molar refractivity (Wildman–Crippen MR) is 109 cm³/mol. The number of fused-ring (bicyclic) bond motifs is 1. The summed E-state index contributed by atoms with van der Waals surface area (Å²) in [6.07, 6.45) is 2.89. The third kappa shape index (κ3) is 3.55. The van der Waals surface area contributed by atoms with Crippen molar-refractivity contribution in [2.45, 2.75) is 50.1 Å². The van der Waals surface area contributed by atoms with Crippen molar-refractivity contribution in [2.24, 2.45) is 5.92 Å². The van der Waals surface area contributed by atoms with Gasteiger partial charge < -0.3 is 10.2 Å². The van der Waals surface area contributed by atoms with Gasteiger partial charge >= 0.3 is 0 Å². The monoisotopic (exact) mass is 423 g/mol. The standard InChI is InChI=1S/C19H25N3O4S2/c1-12-7-15-8-16(5-6-17(15)22(12)13(2)23)28(25,26)21-11-27-10-18(21)19(24)20-9-14-3-4-14/h5-6,8,12,14,18H,3-4,7,9-11H2,1-2H3,(H,20,24). The fraction of sp³-hybridized carbons (Fsp3) is 0.579. The van der Waals surface area contributed by atoms with Crippen LogP contribution in [-0.4, -0.2) is 54.8 Å². The highest BCUT2D eigenvalue weighted by molar-refractivity contribution is 8.00. The first kappa shape index (κ1) is 19.7. The molecule has 2 heterocycles. The lowest BCUT2D eigenvalue weighted by molar-refractivity contribution is -0.123. The van der Waals surface area contributed by atoms with Crippen molar-refractivity contribution in [1.29, 1.82) is 0 Å². The van der Waals surface area contributed by atoms with Crippen LogP contribution >= 0.6 is 11.8 Å². The number of nitrogens with zero attached hydrogens (tertiary/aromatic N) is 2. The van der Waals surface area contributed by atoms with Gasteiger partial charge in [0.25, 0.3) is 0 Å². The summed E-state index contributed by atoms with van der Waals surface area (Å²) in [5, 5.41) is 2.90. The Balaban J connectivity index is 1.57. The van der Waals surface area contributed by atoms with Gasteiger partial charge in [0.05, 0.1) is 10.8 Å². The number of thioether (sulfide) groups is 1. The molecule has 1 aromatic carbocycles. The van der Waals surface area contributed by atoms with Crippen LogP contribution in [0.1, 0.15) is 32.3 Å². The maximum atomic E-state index is 13.2. The maximum Gasteiger partial charge on any atom is 0.244 e. The van der Waals surface area contributed by atoms with E-state index in [1.54, 1.807) is 23.1 Å². The molecule has 7 nitrogen and oxygen atoms in total. The Morgan fingerprint density at radius 2 is 2.04 bits per heavy atom. The van der Waals surface area contributed by atoms with Gasteiger partial charge in [0.1, 0.15) is 6.04 Å². The van der Waals surface area contributed by atoms with Crippen LogP contribution in [0.2, 0.25) is 0 Å². The fourth-order valence-electron chi connectivity index (χ4n) is 3.94. The molecule has 3 aliphatic rings. The first-order valence-electron chi connectivity index (χ1n) is 9.59. The summed E-state index contributed by atoms with van der Waals surface area (Å²) in [6.45, 7) is 4.10. The molecule has 4 rings (SSSR count). The van der Waals surface area contributed by atoms with E-state index in [-0.39, 0.29) is 28.6 Å². The summed E-state index contributed by atoms with van der Waals surface area (Å²) in [4.78, 5) is 26.3. The highest BCUT2D eigenvalue weighted by atomic mass is 32.2. The van der Waals surface area contributed by atoms with E-state index in [9.17, 15) is 18.0 Å². The molecular weight excluding hydrogens is 398 g/mol. The third-order valence-corrected chi connectivity index (χ3v) is 8.65. The van der Waals surface area contributed by atoms with Gasteiger partial charge in [0.2, 0.25) is 21.8 Å². The lowest BCUT2D eigenvalue weighted by atomic mass is 10.1. The van der Waals surface area contributed by atoms with E-state index in [1.165, 1.54) is 23.0 Å². The first-order valence-corrected chi connectivity index (χ1v) is 12.2. The number of rotatable bonds is 5. The van der Waals surface area contributed by atoms with E-state index >= 15 is 0 Å². The van der Waals surface area contributed by atoms with Gasteiger partial charge in [-0.1, -0.05) is 0 Å². The van der Waals surface area contributed by atoms with Crippen LogP contribution in [0.15, 0.2) is 23.1 Å². The zero-order valence-corrected chi connectivity index (χ0v) is 17.7. The average molecular weight is 424 g/mol. The van der Waals surface area contributed by atoms with Gasteiger partial charge in [-0.15, -0.1) is 11.8 Å². The molecule has 0 spiro atoms. The van der Waals surface area contributed by atoms with Crippen LogP contribution in [0.3, 0.4) is 0 Å². The molecule has 0 bridgehead atoms. The van der Waals surface area contributed by atoms with E-state index in [0.717, 1.165) is 24.1 Å². The third-order valence-electron chi connectivity index (χ3n) is 5.62. The second-order valence-electron chi connectivity index (χ2n) is 7.83. The van der Waals surface area contributed by atoms with Crippen LogP contribution < -0.4 is 10.2 Å². The lowest BCUT2D eigenvalue weighted by Gasteiger charge is -2.23. The Bertz CT molecular complexity index is 914. The van der Waals surface area contributed by atoms with Gasteiger partial charge in [-0.25, -0.2) is 8.42 Å². The van der Waals surface area contributed by atoms with Crippen molar-refractivity contribution in [1.82, 2.24) is 9.62 Å². The van der Waals surface area contributed by atoms with E-state index in [2.05, 4.69) is 5.32 Å². The number of carbonyl (C=O) groups is 2. The van der Waals surface area contributed by atoms with Crippen LogP contribution in [0.4, 0.5) is 5.69 Å². The molecule has 152 valence electrons. The van der Waals surface area contributed by atoms with Crippen molar-refractivity contribution >= 4 is 39.3 Å². The summed E-state index contributed by atoms with van der Waals surface area (Å²) < 4.78 is 27.8. The Kier molecular flexibility index (Phi) is 5.18. The lowest BCUT2D eigenvalue weighted by Crippen LogP contribution is -2.47. The minimum Gasteiger partial charge on any atom is -0.354 e. The first-order chi connectivity index (χ1) is 13.3. The minimum atomic E-state index is -3.78. The number of amides is 2. The quantitative estimate of drug-likeness (QED) is 0.777. The van der Waals surface area contributed by atoms with Gasteiger partial charge in [0.15, 0.2) is 0 Å². The molecule has 1 N–H and O–H groups in total. The van der Waals surface area contributed by atoms with Crippen molar-refractivity contribution in [3.05, 3.63) is 23.8 Å². The number of hydrogen-bond donors (Lipinski definition) is 1. The van der Waals surface area contributed by atoms with Crippen LogP contribution in [-0.2, 0) is 26.0 Å². The maximum absolute atomic E-state index is 13.2. The molecule has 2 aliphatic heterocycles. The Morgan fingerprint density at radius 3 is 2.71 bits per heavy atom. The normalized spacial score (nSPS) is 25.0. The van der Waals surface area contributed by atoms with E-state index in [1.807, 2.05) is 6.92 Å². The molecule has 28 heavy (non-hydrogen) atoms. The highest BCUT2D eigenvalue weighted by Gasteiger charge is 2.41. The second kappa shape index (κ2) is 7.35. The van der Waals surface area contributed by atoms with Crippen molar-refractivity contribution < 1.29 is 18.0 Å². The topological polar surface area (TPSA) is 86.8 Å². The van der Waals surface area contributed by atoms with E-state index < -0.39 is 16.1 Å². The van der Waals surface area contributed by atoms with E-state index in [0.29, 0.717) is 24.6 Å². The Labute approximate surface area is 169 Å². The molecule has 2 unspecified atom stereocenters. The molecule has 2 fully saturated rings. The Hall–Kier alpha value is -1.58. The molecule has 1 saturated carbocycles. The summed E-state index contributed by atoms with van der Waals surface area (Å²) in [5.74, 6) is 1.03. The molecule has 1 aromatic rings. The molecule has 1 aliphatic carbocycles. The highest BCUT2D eigenvalue weighted by Crippen LogP contribution is 2.36. The molecule has 9 heteroatoms. The van der Waals surface area contributed by atoms with Crippen molar-refractivity contribution in [2.75, 3.05) is 23.1 Å². The Morgan fingerprint density at radius 1 is 1.29 bits per heavy atom. The second-order valence-corrected chi connectivity index (χ2v) is 10.7. The van der Waals surface area contributed by atoms with Gasteiger partial charge in [-0.05, 0) is 55.9 Å². The average Bonchev–Trinajstić information content (AvgIpc) is 3.21. The van der Waals surface area contributed by atoms with Gasteiger partial charge in [0, 0.05) is 31.0 Å². The molecule has 2 amide bonds. The zero-order chi connectivity index (χ0) is 20.1. The van der Waals surface area contributed by atoms with Crippen LogP contribution in [0, 0.1) is 5.92 Å². The molecular formula is C19H25N3O4S2. The fourth-order valence-corrected chi connectivity index (χ4v) is 7.14. The molecule has 2 atom stereocenters. The number of sulfonamides is 1. The van der Waals surface area contributed by atoms with Gasteiger partial charge in [-0.3, -0.25) is 9.59 Å². The predicted octanol–water partition coefficient (Wildman–Crippen LogP) is 1.57. The van der Waals surface area contributed by atoms with Crippen molar-refractivity contribution in [3.63, 3.8) is 0 Å². The number of nitrogens with one attached hydrogen (secondary N) is 1. The zero-order valence-electron chi connectivity index (χ0n) is 16.1. The van der Waals surface area contributed by atoms with Crippen LogP contribution in [0.25, 0.3) is 0 Å². The molecule has 0 radical (unpaired) electrons. The van der Waals surface area contributed by atoms with Gasteiger partial charge in [-0.2, -0.15) is 4.31 Å². The van der Waals surface area contributed by atoms with Crippen molar-refractivity contribution in [3.8, 4) is 0 Å². The summed E-state index contributed by atoms with van der Waals surface area (Å²) in [5.41, 5.74) is 1.62. The summed E-state index contributed by atoms with van der Waals surface area (Å²) >= 11 is 1.45. The largest absolute Gasteiger partial charge is 0.354 e. The summed E-state index contributed by atoms with van der Waals surface area (Å²) in [6, 6.07) is 4.25. The number of hydrogen-bond acceptors (Lipinski definition) is 5. The number of anilines is 1. The smallest absolute Gasteiger partial charge is 0.244 e. The van der Waals surface area contributed by atoms with E-state index in [4.69, 9.17) is 0 Å². The number of carbonyl (C=O) groups excluding carboxylic acids is 2. The SMILES string of the molecule is CC(=O)N1c2ccc(S(=O)(=O)N3CSCC3C(=O)NCC3CC3)cc2CC1C. The molecule has 0 aromatic heterocycles. The minimum absolute atomic E-state index is 0.00810. The summed E-state index contributed by atoms with van der Waals surface area (Å²) in [7, 11) is -3.78. The van der Waals surface area contributed by atoms with Crippen LogP contribution in [0.5, 0.6) is 0 Å². The molecule has 1 saturated heterocycles. The number of benzene rings is 1.